The zero-order valence-corrected chi connectivity index (χ0v) is 17.0. The molecule has 1 unspecified atom stereocenters. The van der Waals surface area contributed by atoms with E-state index in [1.807, 2.05) is 19.9 Å². The zero-order valence-electron chi connectivity index (χ0n) is 16.2. The first-order chi connectivity index (χ1) is 13.3. The summed E-state index contributed by atoms with van der Waals surface area (Å²) in [5.74, 6) is -0.302. The smallest absolute Gasteiger partial charge is 0.321 e. The van der Waals surface area contributed by atoms with E-state index >= 15 is 0 Å². The molecule has 10 heteroatoms. The fraction of sp³-hybridized carbons (Fsp3) is 0.389. The van der Waals surface area contributed by atoms with Crippen molar-refractivity contribution >= 4 is 35.3 Å². The Bertz CT molecular complexity index is 851. The number of hydrogen-bond acceptors (Lipinski definition) is 6. The molecule has 0 fully saturated rings. The van der Waals surface area contributed by atoms with Gasteiger partial charge in [0.2, 0.25) is 11.8 Å². The van der Waals surface area contributed by atoms with Crippen LogP contribution in [0.4, 0.5) is 10.5 Å². The van der Waals surface area contributed by atoms with Crippen LogP contribution in [0.3, 0.4) is 0 Å². The van der Waals surface area contributed by atoms with Gasteiger partial charge in [-0.05, 0) is 31.0 Å². The first-order valence-electron chi connectivity index (χ1n) is 8.79. The summed E-state index contributed by atoms with van der Waals surface area (Å²) in [5.41, 5.74) is 1.38. The lowest BCUT2D eigenvalue weighted by atomic mass is 10.2. The van der Waals surface area contributed by atoms with Crippen LogP contribution >= 0.6 is 11.8 Å². The van der Waals surface area contributed by atoms with Gasteiger partial charge in [0.05, 0.1) is 10.9 Å². The molecular formula is C18H24N6O3S. The molecule has 0 aliphatic rings. The Morgan fingerprint density at radius 3 is 2.64 bits per heavy atom. The Hall–Kier alpha value is -2.88. The Morgan fingerprint density at radius 2 is 1.96 bits per heavy atom. The van der Waals surface area contributed by atoms with Crippen molar-refractivity contribution in [3.63, 3.8) is 0 Å². The van der Waals surface area contributed by atoms with Gasteiger partial charge in [0, 0.05) is 19.2 Å². The van der Waals surface area contributed by atoms with E-state index in [0.717, 1.165) is 5.69 Å². The van der Waals surface area contributed by atoms with Crippen molar-refractivity contribution in [1.29, 1.82) is 0 Å². The summed E-state index contributed by atoms with van der Waals surface area (Å²) < 4.78 is 1.71. The predicted molar refractivity (Wildman–Crippen MR) is 107 cm³/mol. The number of nitrogens with zero attached hydrogens (tertiary/aromatic N) is 3. The third kappa shape index (κ3) is 6.38. The maximum atomic E-state index is 12.2. The Balaban J connectivity index is 2.04. The molecule has 4 amide bonds. The monoisotopic (exact) mass is 404 g/mol. The molecule has 2 rings (SSSR count). The molecule has 0 saturated heterocycles. The maximum absolute atomic E-state index is 12.2. The van der Waals surface area contributed by atoms with Crippen LogP contribution in [-0.4, -0.2) is 44.4 Å². The fourth-order valence-corrected chi connectivity index (χ4v) is 3.03. The third-order valence-corrected chi connectivity index (χ3v) is 4.58. The Labute approximate surface area is 167 Å². The number of nitrogens with one attached hydrogen (secondary N) is 3. The van der Waals surface area contributed by atoms with Crippen molar-refractivity contribution in [2.45, 2.75) is 38.1 Å². The second-order valence-corrected chi connectivity index (χ2v) is 7.88. The fourth-order valence-electron chi connectivity index (χ4n) is 2.18. The topological polar surface area (TPSA) is 118 Å². The molecule has 3 N–H and O–H groups in total. The summed E-state index contributed by atoms with van der Waals surface area (Å²) in [4.78, 5) is 35.3. The standard InChI is InChI=1S/C18H24N6O3S/c1-11(2)9-19-17(27)22-16(26)12(3)28-18-23-20-10-24(18)15-7-5-6-14(8-15)21-13(4)25/h5-8,10-12H,9H2,1-4H3,(H,21,25)(H2,19,22,26,27). The van der Waals surface area contributed by atoms with Crippen molar-refractivity contribution < 1.29 is 14.4 Å². The van der Waals surface area contributed by atoms with Crippen molar-refractivity contribution in [3.8, 4) is 5.69 Å². The number of aromatic nitrogens is 3. The molecule has 0 saturated carbocycles. The molecule has 0 aliphatic heterocycles. The van der Waals surface area contributed by atoms with Crippen LogP contribution in [-0.2, 0) is 9.59 Å². The number of carbonyl (C=O) groups excluding carboxylic acids is 3. The number of benzene rings is 1. The molecular weight excluding hydrogens is 380 g/mol. The van der Waals surface area contributed by atoms with E-state index < -0.39 is 17.2 Å². The van der Waals surface area contributed by atoms with Crippen molar-refractivity contribution in [2.24, 2.45) is 5.92 Å². The van der Waals surface area contributed by atoms with Crippen LogP contribution in [0.5, 0.6) is 0 Å². The maximum Gasteiger partial charge on any atom is 0.321 e. The number of hydrogen-bond donors (Lipinski definition) is 3. The zero-order chi connectivity index (χ0) is 20.7. The highest BCUT2D eigenvalue weighted by Crippen LogP contribution is 2.25. The average molecular weight is 404 g/mol. The number of amides is 4. The number of anilines is 1. The summed E-state index contributed by atoms with van der Waals surface area (Å²) in [5, 5.41) is 15.6. The molecule has 0 spiro atoms. The van der Waals surface area contributed by atoms with E-state index in [4.69, 9.17) is 0 Å². The van der Waals surface area contributed by atoms with Crippen molar-refractivity contribution in [3.05, 3.63) is 30.6 Å². The molecule has 1 aromatic carbocycles. The van der Waals surface area contributed by atoms with E-state index in [2.05, 4.69) is 26.1 Å². The van der Waals surface area contributed by atoms with E-state index in [-0.39, 0.29) is 5.91 Å². The van der Waals surface area contributed by atoms with Crippen LogP contribution in [0, 0.1) is 5.92 Å². The van der Waals surface area contributed by atoms with Crippen LogP contribution in [0.2, 0.25) is 0 Å². The molecule has 1 heterocycles. The second kappa shape index (κ2) is 9.88. The molecule has 2 aromatic rings. The van der Waals surface area contributed by atoms with Gasteiger partial charge >= 0.3 is 6.03 Å². The van der Waals surface area contributed by atoms with Crippen LogP contribution in [0.1, 0.15) is 27.7 Å². The molecule has 0 radical (unpaired) electrons. The summed E-state index contributed by atoms with van der Waals surface area (Å²) in [7, 11) is 0. The lowest BCUT2D eigenvalue weighted by Gasteiger charge is -2.13. The summed E-state index contributed by atoms with van der Waals surface area (Å²) >= 11 is 1.18. The van der Waals surface area contributed by atoms with Crippen LogP contribution in [0.15, 0.2) is 35.7 Å². The first-order valence-corrected chi connectivity index (χ1v) is 9.67. The molecule has 1 aromatic heterocycles. The highest BCUT2D eigenvalue weighted by Gasteiger charge is 2.20. The minimum atomic E-state index is -0.564. The van der Waals surface area contributed by atoms with Gasteiger partial charge in [-0.2, -0.15) is 0 Å². The third-order valence-electron chi connectivity index (χ3n) is 3.52. The summed E-state index contributed by atoms with van der Waals surface area (Å²) in [6, 6.07) is 6.66. The van der Waals surface area contributed by atoms with Gasteiger partial charge in [-0.1, -0.05) is 31.7 Å². The molecule has 0 bridgehead atoms. The number of thioether (sulfide) groups is 1. The molecule has 1 atom stereocenters. The number of carbonyl (C=O) groups is 3. The number of imide groups is 1. The van der Waals surface area contributed by atoms with Crippen LogP contribution < -0.4 is 16.0 Å². The quantitative estimate of drug-likeness (QED) is 0.609. The largest absolute Gasteiger partial charge is 0.338 e. The lowest BCUT2D eigenvalue weighted by Crippen LogP contribution is -2.43. The van der Waals surface area contributed by atoms with E-state index in [1.165, 1.54) is 25.0 Å². The second-order valence-electron chi connectivity index (χ2n) is 6.57. The minimum Gasteiger partial charge on any atom is -0.338 e. The summed E-state index contributed by atoms with van der Waals surface area (Å²) in [6.07, 6.45) is 1.52. The van der Waals surface area contributed by atoms with Gasteiger partial charge in [0.25, 0.3) is 0 Å². The average Bonchev–Trinajstić information content (AvgIpc) is 3.07. The lowest BCUT2D eigenvalue weighted by molar-refractivity contribution is -0.119. The van der Waals surface area contributed by atoms with E-state index in [9.17, 15) is 14.4 Å². The van der Waals surface area contributed by atoms with Gasteiger partial charge in [-0.15, -0.1) is 10.2 Å². The van der Waals surface area contributed by atoms with Gasteiger partial charge in [-0.25, -0.2) is 4.79 Å². The van der Waals surface area contributed by atoms with Gasteiger partial charge in [0.15, 0.2) is 5.16 Å². The van der Waals surface area contributed by atoms with Gasteiger partial charge in [0.1, 0.15) is 6.33 Å². The molecule has 0 aliphatic carbocycles. The Morgan fingerprint density at radius 1 is 1.21 bits per heavy atom. The highest BCUT2D eigenvalue weighted by atomic mass is 32.2. The van der Waals surface area contributed by atoms with Gasteiger partial charge in [-0.3, -0.25) is 19.5 Å². The van der Waals surface area contributed by atoms with E-state index in [0.29, 0.717) is 23.3 Å². The predicted octanol–water partition coefficient (Wildman–Crippen LogP) is 2.19. The van der Waals surface area contributed by atoms with Crippen molar-refractivity contribution in [1.82, 2.24) is 25.4 Å². The van der Waals surface area contributed by atoms with Crippen molar-refractivity contribution in [2.75, 3.05) is 11.9 Å². The normalized spacial score (nSPS) is 11.8. The molecule has 28 heavy (non-hydrogen) atoms. The first kappa shape index (κ1) is 21.4. The SMILES string of the molecule is CC(=O)Nc1cccc(-n2cnnc2SC(C)C(=O)NC(=O)NCC(C)C)c1. The van der Waals surface area contributed by atoms with E-state index in [1.54, 1.807) is 29.7 Å². The highest BCUT2D eigenvalue weighted by molar-refractivity contribution is 8.00. The van der Waals surface area contributed by atoms with Gasteiger partial charge < -0.3 is 10.6 Å². The van der Waals surface area contributed by atoms with Crippen LogP contribution in [0.25, 0.3) is 5.69 Å². The minimum absolute atomic E-state index is 0.170. The molecule has 9 nitrogen and oxygen atoms in total. The molecule has 150 valence electrons. The Kier molecular flexibility index (Phi) is 7.56. The summed E-state index contributed by atoms with van der Waals surface area (Å²) in [6.45, 7) is 7.54. The number of urea groups is 1. The number of rotatable bonds is 7.